The number of carbonyl (C=O) groups is 2. The summed E-state index contributed by atoms with van der Waals surface area (Å²) in [6.45, 7) is 0. The van der Waals surface area contributed by atoms with E-state index in [0.717, 1.165) is 31.2 Å². The average molecular weight is 385 g/mol. The van der Waals surface area contributed by atoms with Crippen LogP contribution in [0.2, 0.25) is 0 Å². The normalized spacial score (nSPS) is 14.9. The van der Waals surface area contributed by atoms with E-state index in [4.69, 9.17) is 0 Å². The number of para-hydroxylation sites is 1. The van der Waals surface area contributed by atoms with E-state index in [1.165, 1.54) is 0 Å². The lowest BCUT2D eigenvalue weighted by Crippen LogP contribution is -2.38. The van der Waals surface area contributed by atoms with Crippen molar-refractivity contribution >= 4 is 23.3 Å². The molecule has 4 rings (SSSR count). The molecule has 0 radical (unpaired) electrons. The minimum absolute atomic E-state index is 0.0562. The van der Waals surface area contributed by atoms with E-state index in [0.29, 0.717) is 17.1 Å². The molecule has 1 aromatic heterocycles. The highest BCUT2D eigenvalue weighted by molar-refractivity contribution is 6.11. The largest absolute Gasteiger partial charge is 0.325 e. The lowest BCUT2D eigenvalue weighted by Gasteiger charge is -2.28. The molecule has 146 valence electrons. The van der Waals surface area contributed by atoms with E-state index in [1.54, 1.807) is 42.6 Å². The molecule has 0 unspecified atom stereocenters. The third kappa shape index (κ3) is 3.90. The van der Waals surface area contributed by atoms with Crippen LogP contribution < -0.4 is 10.6 Å². The van der Waals surface area contributed by atoms with Crippen LogP contribution in [0.25, 0.3) is 0 Å². The predicted octanol–water partition coefficient (Wildman–Crippen LogP) is 4.78. The zero-order chi connectivity index (χ0) is 20.1. The van der Waals surface area contributed by atoms with Gasteiger partial charge >= 0.3 is 0 Å². The Labute approximate surface area is 170 Å². The fourth-order valence-electron chi connectivity index (χ4n) is 4.03. The van der Waals surface area contributed by atoms with Crippen LogP contribution in [0.5, 0.6) is 0 Å². The molecule has 0 saturated heterocycles. The maximum Gasteiger partial charge on any atom is 0.258 e. The summed E-state index contributed by atoms with van der Waals surface area (Å²) >= 11 is 0. The first kappa shape index (κ1) is 18.9. The van der Waals surface area contributed by atoms with Crippen molar-refractivity contribution in [1.82, 2.24) is 4.98 Å². The quantitative estimate of drug-likeness (QED) is 0.664. The Morgan fingerprint density at radius 1 is 0.793 bits per heavy atom. The van der Waals surface area contributed by atoms with Crippen LogP contribution >= 0.6 is 0 Å². The number of pyridine rings is 1. The highest BCUT2D eigenvalue weighted by atomic mass is 16.2. The molecule has 0 aliphatic heterocycles. The van der Waals surface area contributed by atoms with Gasteiger partial charge < -0.3 is 10.6 Å². The number of hydrogen-bond acceptors (Lipinski definition) is 3. The molecule has 1 saturated carbocycles. The molecule has 1 fully saturated rings. The van der Waals surface area contributed by atoms with Gasteiger partial charge in [-0.25, -0.2) is 4.98 Å². The SMILES string of the molecule is O=C(Nc1ccccn1)c1ccccc1NC(=O)C1(c2ccccc2)CCCC1. The van der Waals surface area contributed by atoms with Gasteiger partial charge in [0.15, 0.2) is 0 Å². The van der Waals surface area contributed by atoms with Gasteiger partial charge in [0.1, 0.15) is 5.82 Å². The third-order valence-electron chi connectivity index (χ3n) is 5.54. The highest BCUT2D eigenvalue weighted by Gasteiger charge is 2.42. The summed E-state index contributed by atoms with van der Waals surface area (Å²) in [5.74, 6) is 0.106. The number of carbonyl (C=O) groups excluding carboxylic acids is 2. The summed E-state index contributed by atoms with van der Waals surface area (Å²) in [6, 6.07) is 22.3. The fourth-order valence-corrected chi connectivity index (χ4v) is 4.03. The third-order valence-corrected chi connectivity index (χ3v) is 5.54. The lowest BCUT2D eigenvalue weighted by atomic mass is 9.78. The number of amides is 2. The van der Waals surface area contributed by atoms with Crippen molar-refractivity contribution < 1.29 is 9.59 Å². The highest BCUT2D eigenvalue weighted by Crippen LogP contribution is 2.42. The molecule has 1 aliphatic carbocycles. The van der Waals surface area contributed by atoms with E-state index in [2.05, 4.69) is 15.6 Å². The van der Waals surface area contributed by atoms with Gasteiger partial charge in [-0.1, -0.05) is 61.4 Å². The van der Waals surface area contributed by atoms with Crippen LogP contribution in [-0.2, 0) is 10.2 Å². The zero-order valence-corrected chi connectivity index (χ0v) is 16.1. The van der Waals surface area contributed by atoms with Crippen molar-refractivity contribution in [3.05, 3.63) is 90.1 Å². The van der Waals surface area contributed by atoms with Crippen molar-refractivity contribution in [2.75, 3.05) is 10.6 Å². The molecule has 29 heavy (non-hydrogen) atoms. The van der Waals surface area contributed by atoms with Crippen molar-refractivity contribution in [2.45, 2.75) is 31.1 Å². The second-order valence-electron chi connectivity index (χ2n) is 7.32. The van der Waals surface area contributed by atoms with Crippen LogP contribution in [0, 0.1) is 0 Å². The molecular formula is C24H23N3O2. The van der Waals surface area contributed by atoms with Gasteiger partial charge in [0, 0.05) is 6.20 Å². The molecular weight excluding hydrogens is 362 g/mol. The first-order valence-electron chi connectivity index (χ1n) is 9.87. The van der Waals surface area contributed by atoms with Crippen molar-refractivity contribution in [2.24, 2.45) is 0 Å². The topological polar surface area (TPSA) is 71.1 Å². The number of rotatable bonds is 5. The van der Waals surface area contributed by atoms with Crippen LogP contribution in [0.4, 0.5) is 11.5 Å². The molecule has 3 aromatic rings. The standard InChI is InChI=1S/C24H23N3O2/c28-22(27-21-14-6-9-17-25-21)19-12-4-5-13-20(19)26-23(29)24(15-7-8-16-24)18-10-2-1-3-11-18/h1-6,9-14,17H,7-8,15-16H2,(H,26,29)(H,25,27,28). The summed E-state index contributed by atoms with van der Waals surface area (Å²) in [4.78, 5) is 30.3. The van der Waals surface area contributed by atoms with Gasteiger partial charge in [0.2, 0.25) is 5.91 Å². The summed E-state index contributed by atoms with van der Waals surface area (Å²) in [6.07, 6.45) is 5.28. The molecule has 1 heterocycles. The Morgan fingerprint density at radius 3 is 2.21 bits per heavy atom. The van der Waals surface area contributed by atoms with E-state index in [1.807, 2.05) is 36.4 Å². The number of aromatic nitrogens is 1. The molecule has 2 aromatic carbocycles. The first-order valence-corrected chi connectivity index (χ1v) is 9.87. The number of nitrogens with one attached hydrogen (secondary N) is 2. The summed E-state index contributed by atoms with van der Waals surface area (Å²) in [7, 11) is 0. The Hall–Kier alpha value is -3.47. The first-order chi connectivity index (χ1) is 14.2. The summed E-state index contributed by atoms with van der Waals surface area (Å²) in [5, 5.41) is 5.82. The fraction of sp³-hybridized carbons (Fsp3) is 0.208. The van der Waals surface area contributed by atoms with E-state index >= 15 is 0 Å². The summed E-state index contributed by atoms with van der Waals surface area (Å²) < 4.78 is 0. The van der Waals surface area contributed by atoms with Crippen LogP contribution in [-0.4, -0.2) is 16.8 Å². The number of anilines is 2. The van der Waals surface area contributed by atoms with Crippen LogP contribution in [0.1, 0.15) is 41.6 Å². The molecule has 5 heteroatoms. The molecule has 0 bridgehead atoms. The van der Waals surface area contributed by atoms with Crippen LogP contribution in [0.3, 0.4) is 0 Å². The minimum Gasteiger partial charge on any atom is -0.325 e. The molecule has 0 spiro atoms. The van der Waals surface area contributed by atoms with Crippen LogP contribution in [0.15, 0.2) is 79.0 Å². The Kier molecular flexibility index (Phi) is 5.38. The molecule has 2 amide bonds. The van der Waals surface area contributed by atoms with Gasteiger partial charge in [0.05, 0.1) is 16.7 Å². The average Bonchev–Trinajstić information content (AvgIpc) is 3.27. The van der Waals surface area contributed by atoms with Gasteiger partial charge in [-0.15, -0.1) is 0 Å². The van der Waals surface area contributed by atoms with Gasteiger partial charge in [-0.05, 0) is 42.7 Å². The smallest absolute Gasteiger partial charge is 0.258 e. The Bertz CT molecular complexity index is 997. The Balaban J connectivity index is 1.59. The summed E-state index contributed by atoms with van der Waals surface area (Å²) in [5.41, 5.74) is 1.40. The minimum atomic E-state index is -0.550. The Morgan fingerprint density at radius 2 is 1.48 bits per heavy atom. The number of hydrogen-bond donors (Lipinski definition) is 2. The number of benzene rings is 2. The molecule has 2 N–H and O–H groups in total. The molecule has 0 atom stereocenters. The number of nitrogens with zero attached hydrogens (tertiary/aromatic N) is 1. The molecule has 5 nitrogen and oxygen atoms in total. The van der Waals surface area contributed by atoms with Gasteiger partial charge in [0.25, 0.3) is 5.91 Å². The maximum atomic E-state index is 13.4. The van der Waals surface area contributed by atoms with E-state index < -0.39 is 5.41 Å². The van der Waals surface area contributed by atoms with E-state index in [9.17, 15) is 9.59 Å². The lowest BCUT2D eigenvalue weighted by molar-refractivity contribution is -0.121. The van der Waals surface area contributed by atoms with Gasteiger partial charge in [-0.2, -0.15) is 0 Å². The predicted molar refractivity (Wildman–Crippen MR) is 114 cm³/mol. The second kappa shape index (κ2) is 8.27. The van der Waals surface area contributed by atoms with Crippen molar-refractivity contribution in [3.63, 3.8) is 0 Å². The maximum absolute atomic E-state index is 13.4. The van der Waals surface area contributed by atoms with Gasteiger partial charge in [-0.3, -0.25) is 9.59 Å². The monoisotopic (exact) mass is 385 g/mol. The second-order valence-corrected chi connectivity index (χ2v) is 7.32. The van der Waals surface area contributed by atoms with Crippen molar-refractivity contribution in [1.29, 1.82) is 0 Å². The molecule has 1 aliphatic rings. The zero-order valence-electron chi connectivity index (χ0n) is 16.1. The van der Waals surface area contributed by atoms with E-state index in [-0.39, 0.29) is 11.8 Å². The van der Waals surface area contributed by atoms with Crippen molar-refractivity contribution in [3.8, 4) is 0 Å².